The molecule has 3 rings (SSSR count). The first-order valence-electron chi connectivity index (χ1n) is 7.87. The van der Waals surface area contributed by atoms with E-state index in [0.29, 0.717) is 6.54 Å². The molecule has 1 heterocycles. The maximum Gasteiger partial charge on any atom is 0.246 e. The number of thiophene rings is 1. The lowest BCUT2D eigenvalue weighted by Gasteiger charge is -2.18. The maximum atomic E-state index is 12.4. The third-order valence-corrected chi connectivity index (χ3v) is 5.02. The lowest BCUT2D eigenvalue weighted by Crippen LogP contribution is -2.28. The zero-order valence-electron chi connectivity index (χ0n) is 12.9. The molecular weight excluding hydrogens is 290 g/mol. The second-order valence-electron chi connectivity index (χ2n) is 5.65. The van der Waals surface area contributed by atoms with Crippen LogP contribution in [-0.2, 0) is 24.2 Å². The minimum absolute atomic E-state index is 0.0800. The molecule has 1 aromatic heterocycles. The van der Waals surface area contributed by atoms with Gasteiger partial charge in [-0.3, -0.25) is 4.79 Å². The topological polar surface area (TPSA) is 20.3 Å². The molecule has 114 valence electrons. The Hall–Kier alpha value is -1.87. The average Bonchev–Trinajstić information content (AvgIpc) is 3.20. The highest BCUT2D eigenvalue weighted by atomic mass is 32.1. The van der Waals surface area contributed by atoms with Crippen LogP contribution in [0.3, 0.4) is 0 Å². The molecule has 1 aliphatic rings. The Morgan fingerprint density at radius 1 is 1.27 bits per heavy atom. The molecule has 0 spiro atoms. The summed E-state index contributed by atoms with van der Waals surface area (Å²) in [4.78, 5) is 15.4. The molecular formula is C19H21NOS. The number of benzene rings is 1. The highest BCUT2D eigenvalue weighted by molar-refractivity contribution is 7.09. The van der Waals surface area contributed by atoms with Crippen LogP contribution in [0.25, 0.3) is 6.08 Å². The summed E-state index contributed by atoms with van der Waals surface area (Å²) in [5, 5.41) is 2.05. The first-order valence-corrected chi connectivity index (χ1v) is 8.75. The van der Waals surface area contributed by atoms with E-state index in [1.807, 2.05) is 29.3 Å². The molecule has 3 heteroatoms. The minimum Gasteiger partial charge on any atom is -0.334 e. The van der Waals surface area contributed by atoms with E-state index < -0.39 is 0 Å². The summed E-state index contributed by atoms with van der Waals surface area (Å²) in [6.07, 6.45) is 7.27. The zero-order valence-corrected chi connectivity index (χ0v) is 13.7. The van der Waals surface area contributed by atoms with Gasteiger partial charge in [0.2, 0.25) is 5.91 Å². The van der Waals surface area contributed by atoms with Crippen molar-refractivity contribution in [1.82, 2.24) is 4.90 Å². The van der Waals surface area contributed by atoms with Crippen LogP contribution in [0.15, 0.2) is 41.8 Å². The summed E-state index contributed by atoms with van der Waals surface area (Å²) < 4.78 is 0. The predicted molar refractivity (Wildman–Crippen MR) is 92.9 cm³/mol. The lowest BCUT2D eigenvalue weighted by atomic mass is 10.1. The first kappa shape index (κ1) is 15.0. The highest BCUT2D eigenvalue weighted by Gasteiger charge is 2.11. The van der Waals surface area contributed by atoms with Crippen LogP contribution in [-0.4, -0.2) is 17.4 Å². The standard InChI is InChI=1S/C19H21NOS/c1-2-20(14-18-7-4-12-22-18)19(21)11-9-15-8-10-16-5-3-6-17(16)13-15/h4,7-13H,2-3,5-6,14H2,1H3/b11-9+. The van der Waals surface area contributed by atoms with Gasteiger partial charge in [-0.15, -0.1) is 11.3 Å². The Kier molecular flexibility index (Phi) is 4.74. The molecule has 0 aliphatic heterocycles. The lowest BCUT2D eigenvalue weighted by molar-refractivity contribution is -0.126. The minimum atomic E-state index is 0.0800. The van der Waals surface area contributed by atoms with Crippen LogP contribution in [0.5, 0.6) is 0 Å². The molecule has 0 atom stereocenters. The van der Waals surface area contributed by atoms with Crippen LogP contribution in [0, 0.1) is 0 Å². The molecule has 0 bridgehead atoms. The van der Waals surface area contributed by atoms with Gasteiger partial charge in [0.25, 0.3) is 0 Å². The molecule has 0 radical (unpaired) electrons. The Balaban J connectivity index is 1.66. The van der Waals surface area contributed by atoms with Crippen molar-refractivity contribution in [2.75, 3.05) is 6.54 Å². The zero-order chi connectivity index (χ0) is 15.4. The molecule has 1 aliphatic carbocycles. The molecule has 0 saturated carbocycles. The largest absolute Gasteiger partial charge is 0.334 e. The number of nitrogens with zero attached hydrogens (tertiary/aromatic N) is 1. The Morgan fingerprint density at radius 2 is 2.14 bits per heavy atom. The molecule has 0 saturated heterocycles. The molecule has 1 amide bonds. The van der Waals surface area contributed by atoms with Gasteiger partial charge in [0.15, 0.2) is 0 Å². The van der Waals surface area contributed by atoms with Crippen LogP contribution in [0.1, 0.15) is 34.9 Å². The third kappa shape index (κ3) is 3.47. The summed E-state index contributed by atoms with van der Waals surface area (Å²) >= 11 is 1.69. The van der Waals surface area contributed by atoms with E-state index in [0.717, 1.165) is 12.1 Å². The van der Waals surface area contributed by atoms with Crippen molar-refractivity contribution in [2.24, 2.45) is 0 Å². The summed E-state index contributed by atoms with van der Waals surface area (Å²) in [7, 11) is 0. The highest BCUT2D eigenvalue weighted by Crippen LogP contribution is 2.23. The molecule has 0 unspecified atom stereocenters. The van der Waals surface area contributed by atoms with Gasteiger partial charge in [-0.1, -0.05) is 24.3 Å². The predicted octanol–water partition coefficient (Wildman–Crippen LogP) is 4.30. The van der Waals surface area contributed by atoms with Crippen molar-refractivity contribution in [3.63, 3.8) is 0 Å². The summed E-state index contributed by atoms with van der Waals surface area (Å²) in [6, 6.07) is 10.6. The van der Waals surface area contributed by atoms with E-state index in [2.05, 4.69) is 24.3 Å². The fourth-order valence-electron chi connectivity index (χ4n) is 2.90. The average molecular weight is 311 g/mol. The van der Waals surface area contributed by atoms with Gasteiger partial charge < -0.3 is 4.90 Å². The van der Waals surface area contributed by atoms with Crippen LogP contribution in [0.4, 0.5) is 0 Å². The quantitative estimate of drug-likeness (QED) is 0.754. The van der Waals surface area contributed by atoms with E-state index in [1.165, 1.54) is 35.3 Å². The molecule has 1 aromatic carbocycles. The molecule has 22 heavy (non-hydrogen) atoms. The summed E-state index contributed by atoms with van der Waals surface area (Å²) in [5.74, 6) is 0.0800. The van der Waals surface area contributed by atoms with Gasteiger partial charge in [-0.2, -0.15) is 0 Å². The number of likely N-dealkylation sites (N-methyl/N-ethyl adjacent to an activating group) is 1. The first-order chi connectivity index (χ1) is 10.8. The van der Waals surface area contributed by atoms with E-state index >= 15 is 0 Å². The van der Waals surface area contributed by atoms with Gasteiger partial charge in [-0.05, 0) is 60.4 Å². The van der Waals surface area contributed by atoms with E-state index in [9.17, 15) is 4.79 Å². The van der Waals surface area contributed by atoms with Crippen molar-refractivity contribution in [2.45, 2.75) is 32.7 Å². The number of carbonyl (C=O) groups excluding carboxylic acids is 1. The molecule has 2 nitrogen and oxygen atoms in total. The normalized spacial score (nSPS) is 13.5. The van der Waals surface area contributed by atoms with Gasteiger partial charge in [0, 0.05) is 17.5 Å². The summed E-state index contributed by atoms with van der Waals surface area (Å²) in [5.41, 5.74) is 4.04. The van der Waals surface area contributed by atoms with E-state index in [4.69, 9.17) is 0 Å². The molecule has 0 fully saturated rings. The fourth-order valence-corrected chi connectivity index (χ4v) is 3.62. The van der Waals surface area contributed by atoms with Crippen molar-refractivity contribution in [3.8, 4) is 0 Å². The Labute approximate surface area is 136 Å². The Morgan fingerprint density at radius 3 is 2.91 bits per heavy atom. The smallest absolute Gasteiger partial charge is 0.246 e. The second kappa shape index (κ2) is 6.93. The van der Waals surface area contributed by atoms with E-state index in [-0.39, 0.29) is 5.91 Å². The number of amides is 1. The van der Waals surface area contributed by atoms with Gasteiger partial charge >= 0.3 is 0 Å². The van der Waals surface area contributed by atoms with Crippen LogP contribution in [0.2, 0.25) is 0 Å². The number of hydrogen-bond donors (Lipinski definition) is 0. The number of fused-ring (bicyclic) bond motifs is 1. The van der Waals surface area contributed by atoms with Crippen LogP contribution < -0.4 is 0 Å². The maximum absolute atomic E-state index is 12.4. The van der Waals surface area contributed by atoms with E-state index in [1.54, 1.807) is 17.4 Å². The fraction of sp³-hybridized carbons (Fsp3) is 0.316. The van der Waals surface area contributed by atoms with Gasteiger partial charge in [0.05, 0.1) is 6.54 Å². The SMILES string of the molecule is CCN(Cc1cccs1)C(=O)/C=C/c1ccc2c(c1)CCC2. The Bertz CT molecular complexity index is 673. The van der Waals surface area contributed by atoms with Crippen molar-refractivity contribution in [3.05, 3.63) is 63.4 Å². The number of aryl methyl sites for hydroxylation is 2. The van der Waals surface area contributed by atoms with Crippen molar-refractivity contribution < 1.29 is 4.79 Å². The third-order valence-electron chi connectivity index (χ3n) is 4.16. The van der Waals surface area contributed by atoms with Crippen LogP contribution >= 0.6 is 11.3 Å². The van der Waals surface area contributed by atoms with Crippen molar-refractivity contribution in [1.29, 1.82) is 0 Å². The second-order valence-corrected chi connectivity index (χ2v) is 6.68. The van der Waals surface area contributed by atoms with Crippen molar-refractivity contribution >= 4 is 23.3 Å². The molecule has 2 aromatic rings. The van der Waals surface area contributed by atoms with Gasteiger partial charge in [-0.25, -0.2) is 0 Å². The summed E-state index contributed by atoms with van der Waals surface area (Å²) in [6.45, 7) is 3.45. The number of carbonyl (C=O) groups is 1. The molecule has 0 N–H and O–H groups in total. The van der Waals surface area contributed by atoms with Gasteiger partial charge in [0.1, 0.15) is 0 Å². The number of hydrogen-bond acceptors (Lipinski definition) is 2. The number of rotatable bonds is 5. The monoisotopic (exact) mass is 311 g/mol.